The van der Waals surface area contributed by atoms with E-state index >= 15 is 0 Å². The summed E-state index contributed by atoms with van der Waals surface area (Å²) >= 11 is 3.80. The van der Waals surface area contributed by atoms with Crippen LogP contribution in [0.2, 0.25) is 0 Å². The van der Waals surface area contributed by atoms with Gasteiger partial charge in [-0.2, -0.15) is 0 Å². The normalized spacial score (nSPS) is 13.4. The Morgan fingerprint density at radius 1 is 0.361 bits per heavy atom. The second-order valence-corrected chi connectivity index (χ2v) is 18.5. The number of para-hydroxylation sites is 4. The van der Waals surface area contributed by atoms with Gasteiger partial charge in [-0.1, -0.05) is 125 Å². The molecule has 13 aromatic rings. The van der Waals surface area contributed by atoms with Gasteiger partial charge >= 0.3 is 0 Å². The highest BCUT2D eigenvalue weighted by molar-refractivity contribution is 8.01. The number of fused-ring (bicyclic) bond motifs is 18. The van der Waals surface area contributed by atoms with Gasteiger partial charge in [0.15, 0.2) is 0 Å². The Bertz CT molecular complexity index is 3840. The molecule has 0 spiro atoms. The Kier molecular flexibility index (Phi) is 6.35. The number of furan rings is 2. The molecule has 0 radical (unpaired) electrons. The molecule has 0 fully saturated rings. The highest BCUT2D eigenvalue weighted by atomic mass is 32.2. The molecular weight excluding hydrogens is 784 g/mol. The Morgan fingerprint density at radius 2 is 0.820 bits per heavy atom. The quantitative estimate of drug-likeness (QED) is 0.163. The van der Waals surface area contributed by atoms with E-state index in [9.17, 15) is 0 Å². The monoisotopic (exact) mass is 812 g/mol. The first kappa shape index (κ1) is 32.8. The number of aromatic nitrogens is 2. The molecular formula is C54H29BN2O2S2. The molecule has 7 heteroatoms. The minimum atomic E-state index is 0.128. The summed E-state index contributed by atoms with van der Waals surface area (Å²) < 4.78 is 18.1. The molecule has 2 aliphatic heterocycles. The van der Waals surface area contributed by atoms with E-state index in [0.29, 0.717) is 0 Å². The summed E-state index contributed by atoms with van der Waals surface area (Å²) in [6.45, 7) is 0.128. The van der Waals surface area contributed by atoms with Crippen molar-refractivity contribution in [2.24, 2.45) is 0 Å². The van der Waals surface area contributed by atoms with E-state index in [0.717, 1.165) is 77.1 Å². The molecule has 0 atom stereocenters. The topological polar surface area (TPSA) is 36.1 Å². The van der Waals surface area contributed by atoms with Crippen LogP contribution in [0, 0.1) is 0 Å². The molecule has 0 bridgehead atoms. The van der Waals surface area contributed by atoms with Crippen molar-refractivity contribution in [3.8, 4) is 11.4 Å². The van der Waals surface area contributed by atoms with E-state index < -0.39 is 0 Å². The highest BCUT2D eigenvalue weighted by Crippen LogP contribution is 2.45. The third kappa shape index (κ3) is 4.29. The van der Waals surface area contributed by atoms with Crippen LogP contribution in [0.5, 0.6) is 0 Å². The van der Waals surface area contributed by atoms with Gasteiger partial charge in [0.2, 0.25) is 6.71 Å². The Balaban J connectivity index is 0.906. The van der Waals surface area contributed by atoms with Crippen LogP contribution in [-0.4, -0.2) is 15.8 Å². The summed E-state index contributed by atoms with van der Waals surface area (Å²) in [6.07, 6.45) is 0. The molecule has 0 unspecified atom stereocenters. The standard InChI is InChI=1S/C54H29BN2O2S2/c1-5-14-40-36(12-1)50-42(26-22-34-32-10-3-7-16-44(32)58-53(34)50)56(40)30-20-24-38-48(28-30)60-46-18-9-19-47-52(46)55(38)39-25-21-31(29-49(39)61-47)57-41-15-6-2-13-37(41)51-43(57)27-23-35-33-11-4-8-17-45(33)59-54(35)51/h1-29H. The first-order valence-electron chi connectivity index (χ1n) is 20.7. The minimum absolute atomic E-state index is 0.128. The molecule has 0 amide bonds. The van der Waals surface area contributed by atoms with Crippen molar-refractivity contribution in [2.75, 3.05) is 0 Å². The van der Waals surface area contributed by atoms with Crippen molar-refractivity contribution >= 4 is 134 Å². The van der Waals surface area contributed by atoms with E-state index in [2.05, 4.69) is 173 Å². The molecule has 4 nitrogen and oxygen atoms in total. The van der Waals surface area contributed by atoms with Crippen LogP contribution in [0.15, 0.2) is 204 Å². The average molecular weight is 813 g/mol. The number of hydrogen-bond acceptors (Lipinski definition) is 4. The molecule has 2 aliphatic rings. The number of rotatable bonds is 2. The highest BCUT2D eigenvalue weighted by Gasteiger charge is 2.38. The molecule has 61 heavy (non-hydrogen) atoms. The van der Waals surface area contributed by atoms with Gasteiger partial charge in [0.1, 0.15) is 22.3 Å². The molecule has 15 rings (SSSR count). The lowest BCUT2D eigenvalue weighted by atomic mass is 9.36. The molecule has 0 saturated carbocycles. The van der Waals surface area contributed by atoms with Crippen LogP contribution in [0.3, 0.4) is 0 Å². The van der Waals surface area contributed by atoms with Crippen molar-refractivity contribution in [1.82, 2.24) is 9.13 Å². The van der Waals surface area contributed by atoms with Crippen molar-refractivity contribution in [1.29, 1.82) is 0 Å². The maximum atomic E-state index is 6.61. The fourth-order valence-electron chi connectivity index (χ4n) is 10.7. The summed E-state index contributed by atoms with van der Waals surface area (Å²) in [6, 6.07) is 64.3. The molecule has 9 aromatic carbocycles. The van der Waals surface area contributed by atoms with Gasteiger partial charge in [-0.15, -0.1) is 0 Å². The smallest absolute Gasteiger partial charge is 0.247 e. The number of hydrogen-bond donors (Lipinski definition) is 0. The van der Waals surface area contributed by atoms with Crippen molar-refractivity contribution in [2.45, 2.75) is 19.6 Å². The summed E-state index contributed by atoms with van der Waals surface area (Å²) in [5.41, 5.74) is 14.8. The van der Waals surface area contributed by atoms with E-state index in [1.165, 1.54) is 57.8 Å². The van der Waals surface area contributed by atoms with Gasteiger partial charge in [0, 0.05) is 63.3 Å². The lowest BCUT2D eigenvalue weighted by molar-refractivity contribution is 0.672. The van der Waals surface area contributed by atoms with Gasteiger partial charge in [-0.3, -0.25) is 0 Å². The maximum absolute atomic E-state index is 6.61. The average Bonchev–Trinajstić information content (AvgIpc) is 4.06. The minimum Gasteiger partial charge on any atom is -0.455 e. The van der Waals surface area contributed by atoms with Crippen LogP contribution in [0.1, 0.15) is 0 Å². The lowest BCUT2D eigenvalue weighted by Gasteiger charge is -2.33. The zero-order valence-electron chi connectivity index (χ0n) is 32.3. The van der Waals surface area contributed by atoms with Crippen LogP contribution in [0.4, 0.5) is 0 Å². The van der Waals surface area contributed by atoms with E-state index in [-0.39, 0.29) is 6.71 Å². The van der Waals surface area contributed by atoms with Crippen molar-refractivity contribution in [3.05, 3.63) is 176 Å². The molecule has 4 aromatic heterocycles. The number of benzene rings is 9. The van der Waals surface area contributed by atoms with Crippen molar-refractivity contribution in [3.63, 3.8) is 0 Å². The molecule has 282 valence electrons. The predicted molar refractivity (Wildman–Crippen MR) is 255 cm³/mol. The lowest BCUT2D eigenvalue weighted by Crippen LogP contribution is -2.58. The predicted octanol–water partition coefficient (Wildman–Crippen LogP) is 13.1. The third-order valence-electron chi connectivity index (χ3n) is 13.2. The van der Waals surface area contributed by atoms with E-state index in [1.807, 2.05) is 35.7 Å². The van der Waals surface area contributed by atoms with Crippen LogP contribution in [0.25, 0.3) is 98.9 Å². The fourth-order valence-corrected chi connectivity index (χ4v) is 13.2. The van der Waals surface area contributed by atoms with Gasteiger partial charge in [0.25, 0.3) is 0 Å². The van der Waals surface area contributed by atoms with E-state index in [1.54, 1.807) is 0 Å². The van der Waals surface area contributed by atoms with Crippen LogP contribution < -0.4 is 16.4 Å². The first-order valence-corrected chi connectivity index (χ1v) is 22.3. The molecule has 0 saturated heterocycles. The molecule has 0 aliphatic carbocycles. The Morgan fingerprint density at radius 3 is 1.33 bits per heavy atom. The first-order chi connectivity index (χ1) is 30.2. The van der Waals surface area contributed by atoms with Gasteiger partial charge in [-0.25, -0.2) is 0 Å². The zero-order valence-corrected chi connectivity index (χ0v) is 34.0. The Hall–Kier alpha value is -7.06. The summed E-state index contributed by atoms with van der Waals surface area (Å²) in [5, 5.41) is 9.31. The third-order valence-corrected chi connectivity index (χ3v) is 15.5. The molecule has 6 heterocycles. The van der Waals surface area contributed by atoms with E-state index in [4.69, 9.17) is 8.83 Å². The van der Waals surface area contributed by atoms with Gasteiger partial charge in [0.05, 0.1) is 32.8 Å². The largest absolute Gasteiger partial charge is 0.455 e. The fraction of sp³-hybridized carbons (Fsp3) is 0. The Labute approximate surface area is 357 Å². The van der Waals surface area contributed by atoms with Crippen molar-refractivity contribution < 1.29 is 8.83 Å². The molecule has 0 N–H and O–H groups in total. The number of nitrogens with zero attached hydrogens (tertiary/aromatic N) is 2. The zero-order chi connectivity index (χ0) is 39.5. The van der Waals surface area contributed by atoms with Gasteiger partial charge in [-0.05, 0) is 90.4 Å². The maximum Gasteiger partial charge on any atom is 0.247 e. The van der Waals surface area contributed by atoms with Gasteiger partial charge < -0.3 is 18.0 Å². The van der Waals surface area contributed by atoms with Crippen LogP contribution >= 0.6 is 23.5 Å². The van der Waals surface area contributed by atoms with Crippen LogP contribution in [-0.2, 0) is 0 Å². The summed E-state index contributed by atoms with van der Waals surface area (Å²) in [5.74, 6) is 0. The second kappa shape index (κ2) is 11.8. The summed E-state index contributed by atoms with van der Waals surface area (Å²) in [7, 11) is 0. The summed E-state index contributed by atoms with van der Waals surface area (Å²) in [4.78, 5) is 5.25. The second-order valence-electron chi connectivity index (χ2n) is 16.3. The SMILES string of the molecule is c1cc2c3c(c1)Sc1cc(-n4c5ccccc5c5c6oc7ccccc7c6ccc54)ccc1B3c1ccc(-n3c4ccccc4c4c5oc6ccccc6c5ccc43)cc1S2.